The van der Waals surface area contributed by atoms with E-state index in [1.807, 2.05) is 0 Å². The fourth-order valence-corrected chi connectivity index (χ4v) is 4.99. The van der Waals surface area contributed by atoms with Crippen molar-refractivity contribution in [2.24, 2.45) is 11.8 Å². The molecule has 0 amide bonds. The molecule has 1 fully saturated rings. The summed E-state index contributed by atoms with van der Waals surface area (Å²) in [5.74, 6) is 1.77. The van der Waals surface area contributed by atoms with Crippen LogP contribution in [-0.2, 0) is 18.9 Å². The molecule has 2 atom stereocenters. The molecule has 1 saturated carbocycles. The minimum absolute atomic E-state index is 0. The van der Waals surface area contributed by atoms with E-state index in [1.54, 1.807) is 7.11 Å². The van der Waals surface area contributed by atoms with Crippen molar-refractivity contribution in [3.05, 3.63) is 0 Å². The van der Waals surface area contributed by atoms with Gasteiger partial charge in [0.15, 0.2) is 0 Å². The Morgan fingerprint density at radius 3 is 1.94 bits per heavy atom. The topological polar surface area (TPSA) is 36.9 Å². The van der Waals surface area contributed by atoms with Crippen molar-refractivity contribution in [3.8, 4) is 0 Å². The zero-order valence-corrected chi connectivity index (χ0v) is 24.8. The summed E-state index contributed by atoms with van der Waals surface area (Å²) in [7, 11) is 8.28. The molecule has 0 radical (unpaired) electrons. The number of nitrogens with zero attached hydrogens (tertiary/aromatic N) is 1. The predicted octanol–water partition coefficient (Wildman–Crippen LogP) is 3.49. The molecular formula is C29H60ClNO4. The van der Waals surface area contributed by atoms with Crippen LogP contribution in [0.5, 0.6) is 0 Å². The average molecular weight is 522 g/mol. The number of quaternary nitrogens is 1. The maximum absolute atomic E-state index is 6.07. The molecule has 0 spiro atoms. The molecule has 1 aliphatic carbocycles. The van der Waals surface area contributed by atoms with Crippen molar-refractivity contribution in [1.29, 1.82) is 0 Å². The van der Waals surface area contributed by atoms with E-state index in [1.165, 1.54) is 89.9 Å². The number of hydrogen-bond acceptors (Lipinski definition) is 4. The molecule has 212 valence electrons. The highest BCUT2D eigenvalue weighted by Gasteiger charge is 2.23. The minimum atomic E-state index is 0. The molecular weight excluding hydrogens is 462 g/mol. The quantitative estimate of drug-likeness (QED) is 0.152. The van der Waals surface area contributed by atoms with E-state index in [2.05, 4.69) is 28.1 Å². The van der Waals surface area contributed by atoms with Gasteiger partial charge in [0.1, 0.15) is 12.6 Å². The van der Waals surface area contributed by atoms with Crippen molar-refractivity contribution in [2.75, 3.05) is 74.4 Å². The van der Waals surface area contributed by atoms with Crippen LogP contribution in [0.3, 0.4) is 0 Å². The minimum Gasteiger partial charge on any atom is -1.00 e. The number of halogens is 1. The SMILES string of the molecule is CCCCCCCCCC(CCOCC(COCCOCC[N+](C)(C)C)OC)C1CCCCC1.[Cl-]. The number of rotatable bonds is 23. The van der Waals surface area contributed by atoms with Crippen LogP contribution >= 0.6 is 0 Å². The van der Waals surface area contributed by atoms with Gasteiger partial charge < -0.3 is 35.8 Å². The van der Waals surface area contributed by atoms with Crippen molar-refractivity contribution < 1.29 is 35.8 Å². The molecule has 5 nitrogen and oxygen atoms in total. The first-order chi connectivity index (χ1) is 16.5. The summed E-state index contributed by atoms with van der Waals surface area (Å²) < 4.78 is 24.0. The van der Waals surface area contributed by atoms with Gasteiger partial charge in [-0.2, -0.15) is 0 Å². The van der Waals surface area contributed by atoms with Gasteiger partial charge in [-0.1, -0.05) is 90.4 Å². The monoisotopic (exact) mass is 521 g/mol. The van der Waals surface area contributed by atoms with Gasteiger partial charge in [0, 0.05) is 13.7 Å². The van der Waals surface area contributed by atoms with Gasteiger partial charge in [-0.15, -0.1) is 0 Å². The van der Waals surface area contributed by atoms with Crippen LogP contribution in [-0.4, -0.2) is 85.0 Å². The first kappa shape index (κ1) is 35.1. The van der Waals surface area contributed by atoms with E-state index < -0.39 is 0 Å². The van der Waals surface area contributed by atoms with Gasteiger partial charge in [0.05, 0.1) is 54.2 Å². The Hall–Kier alpha value is 0.0900. The lowest BCUT2D eigenvalue weighted by atomic mass is 9.76. The van der Waals surface area contributed by atoms with Gasteiger partial charge >= 0.3 is 0 Å². The third kappa shape index (κ3) is 20.8. The average Bonchev–Trinajstić information content (AvgIpc) is 2.82. The Morgan fingerprint density at radius 2 is 1.31 bits per heavy atom. The molecule has 2 unspecified atom stereocenters. The highest BCUT2D eigenvalue weighted by Crippen LogP contribution is 2.34. The maximum Gasteiger partial charge on any atom is 0.104 e. The van der Waals surface area contributed by atoms with Gasteiger partial charge in [0.25, 0.3) is 0 Å². The number of likely N-dealkylation sites (N-methyl/N-ethyl adjacent to an activating group) is 1. The number of unbranched alkanes of at least 4 members (excludes halogenated alkanes) is 6. The lowest BCUT2D eigenvalue weighted by molar-refractivity contribution is -0.870. The lowest BCUT2D eigenvalue weighted by Crippen LogP contribution is -3.00. The van der Waals surface area contributed by atoms with Crippen molar-refractivity contribution in [3.63, 3.8) is 0 Å². The normalized spacial score (nSPS) is 16.7. The summed E-state index contributed by atoms with van der Waals surface area (Å²) in [5.41, 5.74) is 0. The van der Waals surface area contributed by atoms with Crippen LogP contribution < -0.4 is 12.4 Å². The van der Waals surface area contributed by atoms with E-state index in [9.17, 15) is 0 Å². The third-order valence-electron chi connectivity index (χ3n) is 7.35. The molecule has 0 bridgehead atoms. The van der Waals surface area contributed by atoms with Crippen molar-refractivity contribution in [2.45, 2.75) is 103 Å². The van der Waals surface area contributed by atoms with Crippen LogP contribution in [0.1, 0.15) is 96.8 Å². The molecule has 0 aliphatic heterocycles. The van der Waals surface area contributed by atoms with Crippen LogP contribution in [0.25, 0.3) is 0 Å². The van der Waals surface area contributed by atoms with E-state index in [4.69, 9.17) is 18.9 Å². The molecule has 1 aliphatic rings. The fourth-order valence-electron chi connectivity index (χ4n) is 4.99. The lowest BCUT2D eigenvalue weighted by Gasteiger charge is -2.30. The maximum atomic E-state index is 6.07. The highest BCUT2D eigenvalue weighted by atomic mass is 35.5. The van der Waals surface area contributed by atoms with Gasteiger partial charge in [-0.3, -0.25) is 0 Å². The fraction of sp³-hybridized carbons (Fsp3) is 1.00. The van der Waals surface area contributed by atoms with Gasteiger partial charge in [-0.25, -0.2) is 0 Å². The first-order valence-corrected chi connectivity index (χ1v) is 14.5. The molecule has 0 aromatic heterocycles. The van der Waals surface area contributed by atoms with E-state index in [0.29, 0.717) is 26.4 Å². The Balaban J connectivity index is 0.0000116. The van der Waals surface area contributed by atoms with E-state index in [0.717, 1.165) is 36.1 Å². The second kappa shape index (κ2) is 23.2. The Kier molecular flexibility index (Phi) is 23.3. The second-order valence-electron chi connectivity index (χ2n) is 11.5. The van der Waals surface area contributed by atoms with Gasteiger partial charge in [0.2, 0.25) is 0 Å². The molecule has 0 aromatic rings. The Morgan fingerprint density at radius 1 is 0.714 bits per heavy atom. The predicted molar refractivity (Wildman–Crippen MR) is 143 cm³/mol. The molecule has 6 heteroatoms. The molecule has 0 saturated heterocycles. The van der Waals surface area contributed by atoms with Crippen LogP contribution in [0.15, 0.2) is 0 Å². The first-order valence-electron chi connectivity index (χ1n) is 14.5. The van der Waals surface area contributed by atoms with Crippen LogP contribution in [0.2, 0.25) is 0 Å². The van der Waals surface area contributed by atoms with Crippen molar-refractivity contribution >= 4 is 0 Å². The van der Waals surface area contributed by atoms with E-state index >= 15 is 0 Å². The van der Waals surface area contributed by atoms with Crippen LogP contribution in [0.4, 0.5) is 0 Å². The molecule has 35 heavy (non-hydrogen) atoms. The zero-order chi connectivity index (χ0) is 24.9. The van der Waals surface area contributed by atoms with E-state index in [-0.39, 0.29) is 18.5 Å². The summed E-state index contributed by atoms with van der Waals surface area (Å²) in [6.07, 6.45) is 19.6. The summed E-state index contributed by atoms with van der Waals surface area (Å²) in [4.78, 5) is 0. The molecule has 0 N–H and O–H groups in total. The molecule has 0 aromatic carbocycles. The molecule has 0 heterocycles. The summed E-state index contributed by atoms with van der Waals surface area (Å²) >= 11 is 0. The second-order valence-corrected chi connectivity index (χ2v) is 11.5. The largest absolute Gasteiger partial charge is 1.00 e. The zero-order valence-electron chi connectivity index (χ0n) is 24.0. The van der Waals surface area contributed by atoms with Crippen molar-refractivity contribution in [1.82, 2.24) is 0 Å². The summed E-state index contributed by atoms with van der Waals surface area (Å²) in [6, 6.07) is 0. The number of methoxy groups -OCH3 is 1. The highest BCUT2D eigenvalue weighted by molar-refractivity contribution is 4.74. The third-order valence-corrected chi connectivity index (χ3v) is 7.35. The summed E-state index contributed by atoms with van der Waals surface area (Å²) in [6.45, 7) is 7.36. The van der Waals surface area contributed by atoms with Gasteiger partial charge in [-0.05, 0) is 18.3 Å². The smallest absolute Gasteiger partial charge is 0.104 e. The Bertz CT molecular complexity index is 441. The molecule has 1 rings (SSSR count). The summed E-state index contributed by atoms with van der Waals surface area (Å²) in [5, 5.41) is 0. The number of ether oxygens (including phenoxy) is 4. The number of hydrogen-bond donors (Lipinski definition) is 0. The Labute approximate surface area is 225 Å². The standard InChI is InChI=1S/C29H60NO4.ClH/c1-6-7-8-9-10-11-13-18-28(27-16-14-12-15-17-27)19-21-33-25-29(31-5)26-34-24-23-32-22-20-30(2,3)4;/h27-29H,6-26H2,1-5H3;1H/q+1;/p-1. The van der Waals surface area contributed by atoms with Crippen LogP contribution in [0, 0.1) is 11.8 Å².